The van der Waals surface area contributed by atoms with E-state index in [-0.39, 0.29) is 5.56 Å². The summed E-state index contributed by atoms with van der Waals surface area (Å²) in [4.78, 5) is 29.1. The van der Waals surface area contributed by atoms with Gasteiger partial charge in [0.25, 0.3) is 5.56 Å². The molecular formula is C19H18N2O3S. The van der Waals surface area contributed by atoms with Gasteiger partial charge in [-0.05, 0) is 31.5 Å². The topological polar surface area (TPSA) is 72.2 Å². The highest BCUT2D eigenvalue weighted by atomic mass is 32.2. The molecule has 128 valence electrons. The highest BCUT2D eigenvalue weighted by Crippen LogP contribution is 2.34. The molecule has 3 aromatic rings. The zero-order chi connectivity index (χ0) is 18.0. The number of hydrogen-bond acceptors (Lipinski definition) is 4. The van der Waals surface area contributed by atoms with E-state index in [1.165, 1.54) is 4.57 Å². The van der Waals surface area contributed by atoms with Crippen LogP contribution in [0, 0.1) is 6.92 Å². The molecular weight excluding hydrogens is 336 g/mol. The molecule has 1 N–H and O–H groups in total. The number of hydrogen-bond donors (Lipinski definition) is 1. The smallest absolute Gasteiger partial charge is 0.321 e. The maximum atomic E-state index is 12.8. The van der Waals surface area contributed by atoms with Crippen LogP contribution < -0.4 is 5.56 Å². The van der Waals surface area contributed by atoms with Crippen molar-refractivity contribution in [3.05, 3.63) is 70.0 Å². The predicted octanol–water partition coefficient (Wildman–Crippen LogP) is 3.64. The van der Waals surface area contributed by atoms with Gasteiger partial charge in [0.1, 0.15) is 5.25 Å². The summed E-state index contributed by atoms with van der Waals surface area (Å²) in [6, 6.07) is 14.5. The van der Waals surface area contributed by atoms with Gasteiger partial charge in [0.2, 0.25) is 0 Å². The summed E-state index contributed by atoms with van der Waals surface area (Å²) in [5.41, 5.74) is 2.10. The van der Waals surface area contributed by atoms with Crippen molar-refractivity contribution in [1.29, 1.82) is 0 Å². The lowest BCUT2D eigenvalue weighted by atomic mass is 10.1. The lowest BCUT2D eigenvalue weighted by Gasteiger charge is -2.16. The van der Waals surface area contributed by atoms with Gasteiger partial charge in [-0.3, -0.25) is 14.2 Å². The molecule has 0 bridgehead atoms. The second-order valence-corrected chi connectivity index (χ2v) is 6.78. The second kappa shape index (κ2) is 7.11. The lowest BCUT2D eigenvalue weighted by Crippen LogP contribution is -2.23. The first-order chi connectivity index (χ1) is 12.0. The molecule has 0 amide bonds. The molecule has 0 saturated heterocycles. The van der Waals surface area contributed by atoms with E-state index in [1.54, 1.807) is 30.3 Å². The van der Waals surface area contributed by atoms with Crippen molar-refractivity contribution in [2.75, 3.05) is 0 Å². The van der Waals surface area contributed by atoms with E-state index in [0.29, 0.717) is 28.2 Å². The number of carboxylic acid groups (broad SMARTS) is 1. The third-order valence-electron chi connectivity index (χ3n) is 3.94. The molecule has 0 saturated carbocycles. The van der Waals surface area contributed by atoms with Crippen LogP contribution in [0.5, 0.6) is 0 Å². The molecule has 0 radical (unpaired) electrons. The molecule has 1 aromatic heterocycles. The molecule has 3 rings (SSSR count). The van der Waals surface area contributed by atoms with Gasteiger partial charge in [0.05, 0.1) is 10.9 Å². The van der Waals surface area contributed by atoms with Crippen LogP contribution in [0.25, 0.3) is 10.9 Å². The molecule has 6 heteroatoms. The van der Waals surface area contributed by atoms with Gasteiger partial charge in [-0.15, -0.1) is 0 Å². The molecule has 2 aromatic carbocycles. The molecule has 1 heterocycles. The maximum Gasteiger partial charge on any atom is 0.321 e. The maximum absolute atomic E-state index is 12.8. The predicted molar refractivity (Wildman–Crippen MR) is 99.1 cm³/mol. The van der Waals surface area contributed by atoms with E-state index in [0.717, 1.165) is 17.3 Å². The zero-order valence-electron chi connectivity index (χ0n) is 14.0. The van der Waals surface area contributed by atoms with Crippen molar-refractivity contribution < 1.29 is 9.90 Å². The molecule has 0 aliphatic carbocycles. The van der Waals surface area contributed by atoms with E-state index in [9.17, 15) is 14.7 Å². The van der Waals surface area contributed by atoms with Crippen molar-refractivity contribution in [2.24, 2.45) is 0 Å². The second-order valence-electron chi connectivity index (χ2n) is 5.71. The number of fused-ring (bicyclic) bond motifs is 1. The van der Waals surface area contributed by atoms with Gasteiger partial charge >= 0.3 is 5.97 Å². The summed E-state index contributed by atoms with van der Waals surface area (Å²) in [7, 11) is 0. The summed E-state index contributed by atoms with van der Waals surface area (Å²) in [6.07, 6.45) is 0. The van der Waals surface area contributed by atoms with Crippen LogP contribution in [0.2, 0.25) is 0 Å². The number of aliphatic carboxylic acids is 1. The SMILES string of the molecule is CCn1c(SC(C(=O)O)c2ccccc2)nc2ccc(C)cc2c1=O. The highest BCUT2D eigenvalue weighted by Gasteiger charge is 2.24. The van der Waals surface area contributed by atoms with Crippen molar-refractivity contribution in [1.82, 2.24) is 9.55 Å². The third-order valence-corrected chi connectivity index (χ3v) is 5.17. The Morgan fingerprint density at radius 2 is 1.96 bits per heavy atom. The molecule has 0 fully saturated rings. The van der Waals surface area contributed by atoms with E-state index in [1.807, 2.05) is 32.0 Å². The van der Waals surface area contributed by atoms with E-state index in [4.69, 9.17) is 0 Å². The third kappa shape index (κ3) is 3.44. The largest absolute Gasteiger partial charge is 0.480 e. The number of nitrogens with zero attached hydrogens (tertiary/aromatic N) is 2. The van der Waals surface area contributed by atoms with Crippen LogP contribution in [0.1, 0.15) is 23.3 Å². The lowest BCUT2D eigenvalue weighted by molar-refractivity contribution is -0.136. The van der Waals surface area contributed by atoms with Gasteiger partial charge in [-0.25, -0.2) is 4.98 Å². The van der Waals surface area contributed by atoms with Gasteiger partial charge in [-0.1, -0.05) is 53.7 Å². The molecule has 25 heavy (non-hydrogen) atoms. The Morgan fingerprint density at radius 1 is 1.24 bits per heavy atom. The molecule has 0 spiro atoms. The van der Waals surface area contributed by atoms with Crippen molar-refractivity contribution in [2.45, 2.75) is 30.8 Å². The summed E-state index contributed by atoms with van der Waals surface area (Å²) in [5.74, 6) is -0.961. The minimum atomic E-state index is -0.961. The van der Waals surface area contributed by atoms with Gasteiger partial charge in [0, 0.05) is 6.54 Å². The molecule has 1 unspecified atom stereocenters. The summed E-state index contributed by atoms with van der Waals surface area (Å²) in [6.45, 7) is 4.21. The van der Waals surface area contributed by atoms with Crippen LogP contribution in [-0.4, -0.2) is 20.6 Å². The van der Waals surface area contributed by atoms with Crippen molar-refractivity contribution in [3.63, 3.8) is 0 Å². The zero-order valence-corrected chi connectivity index (χ0v) is 14.8. The van der Waals surface area contributed by atoms with Gasteiger partial charge in [-0.2, -0.15) is 0 Å². The average Bonchev–Trinajstić information content (AvgIpc) is 2.61. The average molecular weight is 354 g/mol. The summed E-state index contributed by atoms with van der Waals surface area (Å²) in [5, 5.41) is 9.78. The van der Waals surface area contributed by atoms with Crippen molar-refractivity contribution >= 4 is 28.6 Å². The first-order valence-corrected chi connectivity index (χ1v) is 8.85. The number of aryl methyl sites for hydroxylation is 1. The van der Waals surface area contributed by atoms with Gasteiger partial charge < -0.3 is 5.11 Å². The Kier molecular flexibility index (Phi) is 4.90. The monoisotopic (exact) mass is 354 g/mol. The Morgan fingerprint density at radius 3 is 2.60 bits per heavy atom. The number of aromatic nitrogens is 2. The fourth-order valence-corrected chi connectivity index (χ4v) is 3.77. The Bertz CT molecular complexity index is 983. The van der Waals surface area contributed by atoms with Crippen LogP contribution in [-0.2, 0) is 11.3 Å². The van der Waals surface area contributed by atoms with Crippen LogP contribution in [0.4, 0.5) is 0 Å². The Balaban J connectivity index is 2.12. The minimum Gasteiger partial charge on any atom is -0.480 e. The first-order valence-electron chi connectivity index (χ1n) is 7.97. The van der Waals surface area contributed by atoms with Gasteiger partial charge in [0.15, 0.2) is 5.16 Å². The Labute approximate surface area is 149 Å². The number of rotatable bonds is 5. The van der Waals surface area contributed by atoms with E-state index < -0.39 is 11.2 Å². The van der Waals surface area contributed by atoms with Crippen LogP contribution in [0.3, 0.4) is 0 Å². The number of benzene rings is 2. The number of carboxylic acids is 1. The van der Waals surface area contributed by atoms with Crippen LogP contribution in [0.15, 0.2) is 58.5 Å². The number of carbonyl (C=O) groups is 1. The standard InChI is InChI=1S/C19H18N2O3S/c1-3-21-17(22)14-11-12(2)9-10-15(14)20-19(21)25-16(18(23)24)13-7-5-4-6-8-13/h4-11,16H,3H2,1-2H3,(H,23,24). The molecule has 0 aliphatic rings. The minimum absolute atomic E-state index is 0.143. The molecule has 5 nitrogen and oxygen atoms in total. The summed E-state index contributed by atoms with van der Waals surface area (Å²) < 4.78 is 1.53. The normalized spacial score (nSPS) is 12.2. The molecule has 0 aliphatic heterocycles. The van der Waals surface area contributed by atoms with E-state index >= 15 is 0 Å². The summed E-state index contributed by atoms with van der Waals surface area (Å²) >= 11 is 1.09. The molecule has 1 atom stereocenters. The highest BCUT2D eigenvalue weighted by molar-refractivity contribution is 8.00. The fourth-order valence-electron chi connectivity index (χ4n) is 2.68. The fraction of sp³-hybridized carbons (Fsp3) is 0.211. The Hall–Kier alpha value is -2.60. The quantitative estimate of drug-likeness (QED) is 0.559. The first kappa shape index (κ1) is 17.2. The van der Waals surface area contributed by atoms with E-state index in [2.05, 4.69) is 4.98 Å². The number of thioether (sulfide) groups is 1. The van der Waals surface area contributed by atoms with Crippen molar-refractivity contribution in [3.8, 4) is 0 Å². The van der Waals surface area contributed by atoms with Crippen LogP contribution >= 0.6 is 11.8 Å².